The summed E-state index contributed by atoms with van der Waals surface area (Å²) in [5.74, 6) is -0.607. The highest BCUT2D eigenvalue weighted by molar-refractivity contribution is 5.70. The number of rotatable bonds is 29. The Hall–Kier alpha value is -1.88. The Kier molecular flexibility index (Phi) is 30.2. The number of allylic oxidation sites excluding steroid dienone is 6. The van der Waals surface area contributed by atoms with Crippen LogP contribution < -0.4 is 0 Å². The van der Waals surface area contributed by atoms with Gasteiger partial charge >= 0.3 is 11.9 Å². The summed E-state index contributed by atoms with van der Waals surface area (Å²) >= 11 is 0. The zero-order valence-corrected chi connectivity index (χ0v) is 26.1. The zero-order valence-electron chi connectivity index (χ0n) is 26.1. The molecule has 0 heterocycles. The van der Waals surface area contributed by atoms with E-state index in [1.54, 1.807) is 0 Å². The van der Waals surface area contributed by atoms with Crippen molar-refractivity contribution in [3.05, 3.63) is 36.5 Å². The number of carbonyl (C=O) groups excluding carboxylic acids is 2. The molecule has 0 aliphatic carbocycles. The van der Waals surface area contributed by atoms with E-state index in [0.29, 0.717) is 12.8 Å². The van der Waals surface area contributed by atoms with Crippen molar-refractivity contribution in [1.29, 1.82) is 0 Å². The quantitative estimate of drug-likeness (QED) is 0.0558. The number of aliphatic hydroxyl groups is 1. The summed E-state index contributed by atoms with van der Waals surface area (Å²) in [5.41, 5.74) is 0. The molecule has 5 heteroatoms. The van der Waals surface area contributed by atoms with Gasteiger partial charge in [0, 0.05) is 12.8 Å². The molecule has 0 aliphatic rings. The van der Waals surface area contributed by atoms with E-state index >= 15 is 0 Å². The second-order valence-electron chi connectivity index (χ2n) is 10.9. The van der Waals surface area contributed by atoms with Crippen molar-refractivity contribution in [3.63, 3.8) is 0 Å². The van der Waals surface area contributed by atoms with Crippen LogP contribution >= 0.6 is 0 Å². The lowest BCUT2D eigenvalue weighted by molar-refractivity contribution is -0.161. The summed E-state index contributed by atoms with van der Waals surface area (Å²) in [6.07, 6.45) is 36.3. The summed E-state index contributed by atoms with van der Waals surface area (Å²) in [6, 6.07) is 0. The number of ether oxygens (including phenoxy) is 2. The van der Waals surface area contributed by atoms with Crippen LogP contribution in [0.3, 0.4) is 0 Å². The fourth-order valence-corrected chi connectivity index (χ4v) is 4.45. The van der Waals surface area contributed by atoms with Crippen molar-refractivity contribution in [2.24, 2.45) is 0 Å². The molecule has 0 rings (SSSR count). The monoisotopic (exact) mass is 562 g/mol. The highest BCUT2D eigenvalue weighted by Gasteiger charge is 2.16. The second-order valence-corrected chi connectivity index (χ2v) is 10.9. The molecule has 5 nitrogen and oxygen atoms in total. The van der Waals surface area contributed by atoms with Crippen molar-refractivity contribution < 1.29 is 24.2 Å². The molecule has 1 atom stereocenters. The molecule has 0 saturated carbocycles. The van der Waals surface area contributed by atoms with Crippen LogP contribution in [0.5, 0.6) is 0 Å². The van der Waals surface area contributed by atoms with Gasteiger partial charge in [-0.1, -0.05) is 134 Å². The molecule has 1 N–H and O–H groups in total. The predicted octanol–water partition coefficient (Wildman–Crippen LogP) is 9.72. The number of carbonyl (C=O) groups is 2. The van der Waals surface area contributed by atoms with Gasteiger partial charge in [0.1, 0.15) is 6.61 Å². The van der Waals surface area contributed by atoms with Gasteiger partial charge in [-0.2, -0.15) is 0 Å². The average molecular weight is 563 g/mol. The summed E-state index contributed by atoms with van der Waals surface area (Å²) in [5, 5.41) is 9.48. The Morgan fingerprint density at radius 2 is 1.07 bits per heavy atom. The van der Waals surface area contributed by atoms with Gasteiger partial charge in [0.15, 0.2) is 6.10 Å². The highest BCUT2D eigenvalue weighted by Crippen LogP contribution is 2.12. The summed E-state index contributed by atoms with van der Waals surface area (Å²) < 4.78 is 10.5. The molecule has 1 unspecified atom stereocenters. The van der Waals surface area contributed by atoms with Crippen LogP contribution in [-0.4, -0.2) is 36.4 Å². The van der Waals surface area contributed by atoms with Crippen molar-refractivity contribution in [2.75, 3.05) is 13.2 Å². The molecule has 0 aromatic carbocycles. The fourth-order valence-electron chi connectivity index (χ4n) is 4.45. The SMILES string of the molecule is CC/C=C\C/C=C\C/C=C\CCCCCCCCCC(=O)OC(CO)COC(=O)CCCCCCCCCCC. The Labute approximate surface area is 246 Å². The maximum absolute atomic E-state index is 12.1. The van der Waals surface area contributed by atoms with E-state index in [1.165, 1.54) is 64.2 Å². The lowest BCUT2D eigenvalue weighted by Gasteiger charge is -2.15. The van der Waals surface area contributed by atoms with E-state index in [9.17, 15) is 14.7 Å². The van der Waals surface area contributed by atoms with E-state index in [-0.39, 0.29) is 25.2 Å². The standard InChI is InChI=1S/C35H62O5/c1-3-5-7-9-11-13-14-15-16-17-18-19-20-22-24-26-28-30-35(38)40-33(31-36)32-39-34(37)29-27-25-23-21-12-10-8-6-4-2/h5,7,11,13,15-16,33,36H,3-4,6,8-10,12,14,17-32H2,1-2H3/b7-5-,13-11-,16-15-. The molecular weight excluding hydrogens is 500 g/mol. The van der Waals surface area contributed by atoms with Crippen LogP contribution in [0.25, 0.3) is 0 Å². The minimum absolute atomic E-state index is 0.0684. The fraction of sp³-hybridized carbons (Fsp3) is 0.771. The van der Waals surface area contributed by atoms with Crippen molar-refractivity contribution in [3.8, 4) is 0 Å². The third-order valence-electron chi connectivity index (χ3n) is 6.95. The smallest absolute Gasteiger partial charge is 0.306 e. The first-order valence-electron chi connectivity index (χ1n) is 16.5. The van der Waals surface area contributed by atoms with E-state index in [1.807, 2.05) is 0 Å². The lowest BCUT2D eigenvalue weighted by atomic mass is 10.1. The average Bonchev–Trinajstić information content (AvgIpc) is 2.96. The number of aliphatic hydroxyl groups excluding tert-OH is 1. The predicted molar refractivity (Wildman–Crippen MR) is 168 cm³/mol. The van der Waals surface area contributed by atoms with Gasteiger partial charge in [-0.3, -0.25) is 9.59 Å². The largest absolute Gasteiger partial charge is 0.462 e. The minimum Gasteiger partial charge on any atom is -0.462 e. The topological polar surface area (TPSA) is 72.8 Å². The molecule has 0 spiro atoms. The van der Waals surface area contributed by atoms with E-state index in [0.717, 1.165) is 64.2 Å². The highest BCUT2D eigenvalue weighted by atomic mass is 16.6. The van der Waals surface area contributed by atoms with Gasteiger partial charge in [-0.05, 0) is 44.9 Å². The Balaban J connectivity index is 3.60. The second kappa shape index (κ2) is 31.6. The molecule has 0 aromatic heterocycles. The van der Waals surface area contributed by atoms with Crippen molar-refractivity contribution >= 4 is 11.9 Å². The third kappa shape index (κ3) is 29.1. The molecule has 0 fully saturated rings. The number of hydrogen-bond acceptors (Lipinski definition) is 5. The summed E-state index contributed by atoms with van der Waals surface area (Å²) in [6.45, 7) is 3.98. The van der Waals surface area contributed by atoms with Gasteiger partial charge in [0.25, 0.3) is 0 Å². The van der Waals surface area contributed by atoms with Crippen LogP contribution in [0.2, 0.25) is 0 Å². The molecular formula is C35H62O5. The van der Waals surface area contributed by atoms with E-state index < -0.39 is 6.10 Å². The first-order valence-corrected chi connectivity index (χ1v) is 16.5. The van der Waals surface area contributed by atoms with Crippen LogP contribution in [0, 0.1) is 0 Å². The van der Waals surface area contributed by atoms with Crippen LogP contribution in [0.1, 0.15) is 155 Å². The van der Waals surface area contributed by atoms with Gasteiger partial charge in [-0.15, -0.1) is 0 Å². The van der Waals surface area contributed by atoms with E-state index in [2.05, 4.69) is 50.3 Å². The number of unbranched alkanes of at least 4 members (excludes halogenated alkanes) is 15. The molecule has 0 radical (unpaired) electrons. The van der Waals surface area contributed by atoms with Crippen molar-refractivity contribution in [1.82, 2.24) is 0 Å². The summed E-state index contributed by atoms with van der Waals surface area (Å²) in [7, 11) is 0. The van der Waals surface area contributed by atoms with Crippen molar-refractivity contribution in [2.45, 2.75) is 161 Å². The normalized spacial score (nSPS) is 12.6. The molecule has 0 amide bonds. The molecule has 40 heavy (non-hydrogen) atoms. The van der Waals surface area contributed by atoms with Gasteiger partial charge in [0.05, 0.1) is 6.61 Å². The van der Waals surface area contributed by atoms with E-state index in [4.69, 9.17) is 9.47 Å². The van der Waals surface area contributed by atoms with Crippen LogP contribution in [0.15, 0.2) is 36.5 Å². The Bertz CT molecular complexity index is 652. The van der Waals surface area contributed by atoms with Crippen LogP contribution in [0.4, 0.5) is 0 Å². The number of esters is 2. The molecule has 232 valence electrons. The summed E-state index contributed by atoms with van der Waals surface area (Å²) in [4.78, 5) is 24.0. The van der Waals surface area contributed by atoms with Gasteiger partial charge < -0.3 is 14.6 Å². The molecule has 0 aliphatic heterocycles. The van der Waals surface area contributed by atoms with Gasteiger partial charge in [0.2, 0.25) is 0 Å². The minimum atomic E-state index is -0.771. The maximum atomic E-state index is 12.1. The lowest BCUT2D eigenvalue weighted by Crippen LogP contribution is -2.28. The third-order valence-corrected chi connectivity index (χ3v) is 6.95. The van der Waals surface area contributed by atoms with Gasteiger partial charge in [-0.25, -0.2) is 0 Å². The maximum Gasteiger partial charge on any atom is 0.306 e. The first-order chi connectivity index (χ1) is 19.6. The molecule has 0 bridgehead atoms. The zero-order chi connectivity index (χ0) is 29.4. The molecule has 0 aromatic rings. The Morgan fingerprint density at radius 1 is 0.600 bits per heavy atom. The number of hydrogen-bond donors (Lipinski definition) is 1. The van der Waals surface area contributed by atoms with Crippen LogP contribution in [-0.2, 0) is 19.1 Å². The Morgan fingerprint density at radius 3 is 1.62 bits per heavy atom. The first kappa shape index (κ1) is 38.1. The molecule has 0 saturated heterocycles.